The maximum Gasteiger partial charge on any atom is 0.252 e. The van der Waals surface area contributed by atoms with Gasteiger partial charge in [0, 0.05) is 35.5 Å². The molecule has 1 aromatic rings. The summed E-state index contributed by atoms with van der Waals surface area (Å²) < 4.78 is 5.50. The molecule has 0 atom stereocenters. The highest BCUT2D eigenvalue weighted by atomic mass is 16.5. The van der Waals surface area contributed by atoms with Gasteiger partial charge in [-0.2, -0.15) is 0 Å². The Bertz CT molecular complexity index is 537. The van der Waals surface area contributed by atoms with E-state index in [0.29, 0.717) is 31.0 Å². The molecule has 0 spiro atoms. The standard InChI is InChI=1S/C15H24N6O2/c1-15(2,17-3)6-8-23-9-7-18-14(22)12-4-5-13(19-10-12)11-20-21-16/h4-5,10,17H,6-9,11H2,1-3H3,(H,18,22). The summed E-state index contributed by atoms with van der Waals surface area (Å²) >= 11 is 0. The molecular weight excluding hydrogens is 296 g/mol. The molecule has 0 radical (unpaired) electrons. The molecule has 2 N–H and O–H groups in total. The molecule has 1 aromatic heterocycles. The number of hydrogen-bond acceptors (Lipinski definition) is 5. The SMILES string of the molecule is CNC(C)(C)CCOCCNC(=O)c1ccc(CN=[N+]=[N-])nc1. The third-order valence-corrected chi connectivity index (χ3v) is 3.46. The van der Waals surface area contributed by atoms with Gasteiger partial charge in [-0.1, -0.05) is 5.11 Å². The van der Waals surface area contributed by atoms with Crippen molar-refractivity contribution in [1.82, 2.24) is 15.6 Å². The van der Waals surface area contributed by atoms with Crippen molar-refractivity contribution in [3.05, 3.63) is 40.0 Å². The molecule has 1 rings (SSSR count). The topological polar surface area (TPSA) is 112 Å². The third kappa shape index (κ3) is 7.60. The number of aromatic nitrogens is 1. The Labute approximate surface area is 136 Å². The first-order valence-corrected chi connectivity index (χ1v) is 7.49. The second kappa shape index (κ2) is 9.78. The maximum absolute atomic E-state index is 11.9. The molecule has 0 fully saturated rings. The fraction of sp³-hybridized carbons (Fsp3) is 0.600. The summed E-state index contributed by atoms with van der Waals surface area (Å²) in [6.07, 6.45) is 2.36. The minimum absolute atomic E-state index is 0.0479. The van der Waals surface area contributed by atoms with Gasteiger partial charge in [-0.05, 0) is 45.0 Å². The minimum Gasteiger partial charge on any atom is -0.380 e. The van der Waals surface area contributed by atoms with E-state index in [1.54, 1.807) is 12.1 Å². The monoisotopic (exact) mass is 320 g/mol. The largest absolute Gasteiger partial charge is 0.380 e. The first kappa shape index (κ1) is 18.9. The van der Waals surface area contributed by atoms with Crippen LogP contribution >= 0.6 is 0 Å². The second-order valence-corrected chi connectivity index (χ2v) is 5.68. The van der Waals surface area contributed by atoms with Gasteiger partial charge in [-0.3, -0.25) is 9.78 Å². The molecule has 0 bridgehead atoms. The number of carbonyl (C=O) groups is 1. The van der Waals surface area contributed by atoms with Crippen LogP contribution in [-0.2, 0) is 11.3 Å². The van der Waals surface area contributed by atoms with Gasteiger partial charge in [0.25, 0.3) is 5.91 Å². The van der Waals surface area contributed by atoms with Crippen molar-refractivity contribution in [2.75, 3.05) is 26.8 Å². The molecule has 0 saturated carbocycles. The van der Waals surface area contributed by atoms with Gasteiger partial charge in [0.15, 0.2) is 0 Å². The molecule has 1 heterocycles. The van der Waals surface area contributed by atoms with E-state index in [1.807, 2.05) is 7.05 Å². The number of rotatable bonds is 10. The van der Waals surface area contributed by atoms with Gasteiger partial charge in [0.1, 0.15) is 0 Å². The van der Waals surface area contributed by atoms with Crippen molar-refractivity contribution in [1.29, 1.82) is 0 Å². The van der Waals surface area contributed by atoms with E-state index in [2.05, 4.69) is 39.5 Å². The molecule has 23 heavy (non-hydrogen) atoms. The zero-order chi connectivity index (χ0) is 17.1. The summed E-state index contributed by atoms with van der Waals surface area (Å²) in [5, 5.41) is 9.39. The average molecular weight is 320 g/mol. The number of nitrogens with zero attached hydrogens (tertiary/aromatic N) is 4. The van der Waals surface area contributed by atoms with Crippen molar-refractivity contribution < 1.29 is 9.53 Å². The highest BCUT2D eigenvalue weighted by molar-refractivity contribution is 5.93. The minimum atomic E-state index is -0.202. The van der Waals surface area contributed by atoms with E-state index in [0.717, 1.165) is 6.42 Å². The summed E-state index contributed by atoms with van der Waals surface area (Å²) in [6.45, 7) is 5.94. The zero-order valence-electron chi connectivity index (χ0n) is 13.9. The summed E-state index contributed by atoms with van der Waals surface area (Å²) in [4.78, 5) is 18.6. The Morgan fingerprint density at radius 3 is 2.83 bits per heavy atom. The van der Waals surface area contributed by atoms with E-state index >= 15 is 0 Å². The van der Waals surface area contributed by atoms with Crippen LogP contribution in [-0.4, -0.2) is 43.2 Å². The number of azide groups is 1. The van der Waals surface area contributed by atoms with Gasteiger partial charge >= 0.3 is 0 Å². The Kier molecular flexibility index (Phi) is 8.04. The highest BCUT2D eigenvalue weighted by Crippen LogP contribution is 2.06. The van der Waals surface area contributed by atoms with Crippen LogP contribution in [0.2, 0.25) is 0 Å². The predicted molar refractivity (Wildman–Crippen MR) is 88.0 cm³/mol. The van der Waals surface area contributed by atoms with Crippen molar-refractivity contribution >= 4 is 5.91 Å². The predicted octanol–water partition coefficient (Wildman–Crippen LogP) is 2.03. The van der Waals surface area contributed by atoms with Crippen molar-refractivity contribution in [3.8, 4) is 0 Å². The number of carbonyl (C=O) groups excluding carboxylic acids is 1. The zero-order valence-corrected chi connectivity index (χ0v) is 13.9. The number of nitrogens with one attached hydrogen (secondary N) is 2. The Balaban J connectivity index is 2.25. The normalized spacial score (nSPS) is 10.9. The molecule has 0 aliphatic carbocycles. The molecule has 1 amide bonds. The first-order valence-electron chi connectivity index (χ1n) is 7.49. The van der Waals surface area contributed by atoms with Crippen molar-refractivity contribution in [2.45, 2.75) is 32.4 Å². The molecule has 0 aliphatic heterocycles. The number of ether oxygens (including phenoxy) is 1. The molecule has 126 valence electrons. The van der Waals surface area contributed by atoms with E-state index < -0.39 is 0 Å². The Morgan fingerprint density at radius 1 is 1.43 bits per heavy atom. The Morgan fingerprint density at radius 2 is 2.22 bits per heavy atom. The average Bonchev–Trinajstić information content (AvgIpc) is 2.56. The van der Waals surface area contributed by atoms with Crippen LogP contribution in [0.25, 0.3) is 10.4 Å². The van der Waals surface area contributed by atoms with E-state index in [-0.39, 0.29) is 18.0 Å². The van der Waals surface area contributed by atoms with Gasteiger partial charge in [0.05, 0.1) is 18.7 Å². The first-order chi connectivity index (χ1) is 11.0. The molecule has 0 aliphatic rings. The highest BCUT2D eigenvalue weighted by Gasteiger charge is 2.13. The van der Waals surface area contributed by atoms with Crippen LogP contribution in [0.5, 0.6) is 0 Å². The lowest BCUT2D eigenvalue weighted by atomic mass is 10.0. The van der Waals surface area contributed by atoms with Crippen LogP contribution in [0.15, 0.2) is 23.4 Å². The molecule has 8 nitrogen and oxygen atoms in total. The smallest absolute Gasteiger partial charge is 0.252 e. The van der Waals surface area contributed by atoms with Gasteiger partial charge < -0.3 is 15.4 Å². The van der Waals surface area contributed by atoms with Crippen molar-refractivity contribution in [3.63, 3.8) is 0 Å². The van der Waals surface area contributed by atoms with Crippen LogP contribution in [0, 0.1) is 0 Å². The van der Waals surface area contributed by atoms with Crippen LogP contribution in [0.1, 0.15) is 36.3 Å². The summed E-state index contributed by atoms with van der Waals surface area (Å²) in [6, 6.07) is 3.32. The van der Waals surface area contributed by atoms with Crippen LogP contribution < -0.4 is 10.6 Å². The van der Waals surface area contributed by atoms with Gasteiger partial charge in [-0.25, -0.2) is 0 Å². The lowest BCUT2D eigenvalue weighted by Crippen LogP contribution is -2.37. The summed E-state index contributed by atoms with van der Waals surface area (Å²) in [5.74, 6) is -0.202. The van der Waals surface area contributed by atoms with E-state index in [9.17, 15) is 4.79 Å². The number of hydrogen-bond donors (Lipinski definition) is 2. The number of pyridine rings is 1. The lowest BCUT2D eigenvalue weighted by molar-refractivity contribution is 0.0894. The molecular formula is C15H24N6O2. The van der Waals surface area contributed by atoms with Gasteiger partial charge in [-0.15, -0.1) is 0 Å². The summed E-state index contributed by atoms with van der Waals surface area (Å²) in [7, 11) is 1.92. The molecule has 0 unspecified atom stereocenters. The lowest BCUT2D eigenvalue weighted by Gasteiger charge is -2.23. The fourth-order valence-corrected chi connectivity index (χ4v) is 1.65. The quantitative estimate of drug-likeness (QED) is 0.297. The second-order valence-electron chi connectivity index (χ2n) is 5.68. The maximum atomic E-state index is 11.9. The molecule has 0 aromatic carbocycles. The molecule has 8 heteroatoms. The summed E-state index contributed by atoms with van der Waals surface area (Å²) in [5.41, 5.74) is 9.37. The van der Waals surface area contributed by atoms with Crippen molar-refractivity contribution in [2.24, 2.45) is 5.11 Å². The van der Waals surface area contributed by atoms with E-state index in [1.165, 1.54) is 6.20 Å². The van der Waals surface area contributed by atoms with Gasteiger partial charge in [0.2, 0.25) is 0 Å². The molecule has 0 saturated heterocycles. The van der Waals surface area contributed by atoms with Crippen LogP contribution in [0.4, 0.5) is 0 Å². The van der Waals surface area contributed by atoms with E-state index in [4.69, 9.17) is 10.3 Å². The Hall–Kier alpha value is -2.15. The fourth-order valence-electron chi connectivity index (χ4n) is 1.65. The van der Waals surface area contributed by atoms with Crippen LogP contribution in [0.3, 0.4) is 0 Å². The third-order valence-electron chi connectivity index (χ3n) is 3.46. The number of amides is 1.